The third-order valence-electron chi connectivity index (χ3n) is 4.48. The maximum atomic E-state index is 12.5. The van der Waals surface area contributed by atoms with Crippen LogP contribution in [0.1, 0.15) is 42.0 Å². The van der Waals surface area contributed by atoms with Crippen LogP contribution in [0.15, 0.2) is 18.2 Å². The van der Waals surface area contributed by atoms with E-state index in [4.69, 9.17) is 9.47 Å². The van der Waals surface area contributed by atoms with Crippen molar-refractivity contribution in [2.75, 3.05) is 27.2 Å². The number of piperidine rings is 1. The smallest absolute Gasteiger partial charge is 0.252 e. The number of likely N-dealkylation sites (tertiary alicyclic amines) is 1. The maximum absolute atomic E-state index is 12.5. The summed E-state index contributed by atoms with van der Waals surface area (Å²) in [7, 11) is 3.68. The number of carbonyl (C=O) groups is 1. The molecule has 2 N–H and O–H groups in total. The van der Waals surface area contributed by atoms with Crippen molar-refractivity contribution in [3.8, 4) is 11.5 Å². The third kappa shape index (κ3) is 4.29. The predicted octanol–water partition coefficient (Wildman–Crippen LogP) is 1.17. The van der Waals surface area contributed by atoms with Gasteiger partial charge in [0.1, 0.15) is 6.10 Å². The predicted molar refractivity (Wildman–Crippen MR) is 94.2 cm³/mol. The fourth-order valence-corrected chi connectivity index (χ4v) is 2.89. The lowest BCUT2D eigenvalue weighted by atomic mass is 10.1. The number of aromatic nitrogens is 4. The number of benzene rings is 1. The molecule has 2 aromatic rings. The molecule has 1 atom stereocenters. The summed E-state index contributed by atoms with van der Waals surface area (Å²) < 4.78 is 11.5. The Labute approximate surface area is 152 Å². The number of hydrogen-bond acceptors (Lipinski definition) is 7. The minimum absolute atomic E-state index is 0.165. The molecule has 1 saturated heterocycles. The Hall–Kier alpha value is -2.68. The highest BCUT2D eigenvalue weighted by Crippen LogP contribution is 2.30. The highest BCUT2D eigenvalue weighted by molar-refractivity contribution is 5.95. The van der Waals surface area contributed by atoms with Gasteiger partial charge in [0.25, 0.3) is 5.91 Å². The molecule has 9 heteroatoms. The number of rotatable bonds is 6. The van der Waals surface area contributed by atoms with Crippen molar-refractivity contribution in [2.24, 2.45) is 0 Å². The van der Waals surface area contributed by atoms with Gasteiger partial charge in [-0.25, -0.2) is 0 Å². The van der Waals surface area contributed by atoms with E-state index < -0.39 is 0 Å². The van der Waals surface area contributed by atoms with Gasteiger partial charge in [0.2, 0.25) is 0 Å². The number of amides is 1. The molecule has 9 nitrogen and oxygen atoms in total. The van der Waals surface area contributed by atoms with Crippen LogP contribution in [0.3, 0.4) is 0 Å². The normalized spacial score (nSPS) is 16.9. The molecule has 0 bridgehead atoms. The number of methoxy groups -OCH3 is 1. The average Bonchev–Trinajstić information content (AvgIpc) is 3.18. The van der Waals surface area contributed by atoms with E-state index in [9.17, 15) is 4.79 Å². The van der Waals surface area contributed by atoms with Crippen LogP contribution in [0.25, 0.3) is 0 Å². The molecule has 140 valence electrons. The van der Waals surface area contributed by atoms with E-state index in [2.05, 4.69) is 37.9 Å². The quantitative estimate of drug-likeness (QED) is 0.797. The van der Waals surface area contributed by atoms with Crippen molar-refractivity contribution in [3.05, 3.63) is 29.6 Å². The summed E-state index contributed by atoms with van der Waals surface area (Å²) in [6.45, 7) is 3.82. The molecule has 1 aromatic heterocycles. The molecule has 3 rings (SSSR count). The first-order valence-corrected chi connectivity index (χ1v) is 8.64. The van der Waals surface area contributed by atoms with Crippen LogP contribution in [-0.2, 0) is 0 Å². The second-order valence-corrected chi connectivity index (χ2v) is 6.45. The molecule has 0 aliphatic carbocycles. The van der Waals surface area contributed by atoms with Crippen LogP contribution < -0.4 is 14.8 Å². The molecular formula is C17H24N6O3. The number of hydrogen-bond donors (Lipinski definition) is 2. The van der Waals surface area contributed by atoms with Gasteiger partial charge in [0, 0.05) is 18.7 Å². The van der Waals surface area contributed by atoms with Crippen molar-refractivity contribution >= 4 is 5.91 Å². The van der Waals surface area contributed by atoms with E-state index >= 15 is 0 Å². The first kappa shape index (κ1) is 18.1. The minimum atomic E-state index is -0.359. The van der Waals surface area contributed by atoms with Crippen LogP contribution in [-0.4, -0.2) is 64.8 Å². The first-order chi connectivity index (χ1) is 12.6. The Morgan fingerprint density at radius 2 is 2.12 bits per heavy atom. The van der Waals surface area contributed by atoms with Crippen LogP contribution in [0.4, 0.5) is 0 Å². The highest BCUT2D eigenvalue weighted by Gasteiger charge is 2.21. The molecule has 0 radical (unpaired) electrons. The lowest BCUT2D eigenvalue weighted by Gasteiger charge is -2.29. The second kappa shape index (κ2) is 8.13. The molecule has 1 aliphatic heterocycles. The van der Waals surface area contributed by atoms with Crippen LogP contribution in [0, 0.1) is 0 Å². The summed E-state index contributed by atoms with van der Waals surface area (Å²) in [6, 6.07) is 4.83. The molecule has 1 unspecified atom stereocenters. The Bertz CT molecular complexity index is 728. The molecule has 1 aliphatic rings. The van der Waals surface area contributed by atoms with E-state index in [1.807, 2.05) is 0 Å². The maximum Gasteiger partial charge on any atom is 0.252 e. The van der Waals surface area contributed by atoms with Gasteiger partial charge in [0.05, 0.1) is 13.2 Å². The van der Waals surface area contributed by atoms with Crippen LogP contribution in [0.2, 0.25) is 0 Å². The number of carbonyl (C=O) groups excluding carboxylic acids is 1. The van der Waals surface area contributed by atoms with E-state index in [1.54, 1.807) is 32.2 Å². The molecule has 26 heavy (non-hydrogen) atoms. The Kier molecular flexibility index (Phi) is 5.67. The van der Waals surface area contributed by atoms with Crippen molar-refractivity contribution in [1.82, 2.24) is 30.8 Å². The van der Waals surface area contributed by atoms with Crippen molar-refractivity contribution in [1.29, 1.82) is 0 Å². The number of nitrogens with one attached hydrogen (secondary N) is 2. The number of aromatic amines is 1. The Balaban J connectivity index is 1.66. The van der Waals surface area contributed by atoms with Crippen molar-refractivity contribution in [2.45, 2.75) is 31.9 Å². The molecule has 1 fully saturated rings. The van der Waals surface area contributed by atoms with E-state index in [0.717, 1.165) is 25.9 Å². The fraction of sp³-hybridized carbons (Fsp3) is 0.529. The largest absolute Gasteiger partial charge is 0.493 e. The molecular weight excluding hydrogens is 336 g/mol. The van der Waals surface area contributed by atoms with Gasteiger partial charge >= 0.3 is 0 Å². The highest BCUT2D eigenvalue weighted by atomic mass is 16.5. The SMILES string of the molecule is COc1cc(C(=O)NC(C)c2nn[nH]n2)ccc1OC1CCN(C)CC1. The topological polar surface area (TPSA) is 105 Å². The van der Waals surface area contributed by atoms with Gasteiger partial charge in [-0.2, -0.15) is 5.21 Å². The molecule has 1 aromatic carbocycles. The second-order valence-electron chi connectivity index (χ2n) is 6.45. The zero-order valence-corrected chi connectivity index (χ0v) is 15.2. The van der Waals surface area contributed by atoms with E-state index in [0.29, 0.717) is 22.9 Å². The van der Waals surface area contributed by atoms with Gasteiger partial charge in [-0.15, -0.1) is 10.2 Å². The standard InChI is InChI=1S/C17H24N6O3/c1-11(16-19-21-22-20-16)18-17(24)12-4-5-14(15(10-12)25-3)26-13-6-8-23(2)9-7-13/h4-5,10-11,13H,6-9H2,1-3H3,(H,18,24)(H,19,20,21,22). The molecule has 0 spiro atoms. The summed E-state index contributed by atoms with van der Waals surface area (Å²) in [6.07, 6.45) is 2.12. The molecule has 0 saturated carbocycles. The average molecular weight is 360 g/mol. The molecule has 1 amide bonds. The summed E-state index contributed by atoms with van der Waals surface area (Å²) in [4.78, 5) is 14.7. The number of nitrogens with zero attached hydrogens (tertiary/aromatic N) is 4. The van der Waals surface area contributed by atoms with Gasteiger partial charge in [-0.05, 0) is 45.0 Å². The Morgan fingerprint density at radius 3 is 2.77 bits per heavy atom. The van der Waals surface area contributed by atoms with Gasteiger partial charge in [-0.3, -0.25) is 4.79 Å². The molecule has 2 heterocycles. The zero-order valence-electron chi connectivity index (χ0n) is 15.2. The first-order valence-electron chi connectivity index (χ1n) is 8.64. The van der Waals surface area contributed by atoms with Crippen LogP contribution in [0.5, 0.6) is 11.5 Å². The van der Waals surface area contributed by atoms with Crippen LogP contribution >= 0.6 is 0 Å². The summed E-state index contributed by atoms with van der Waals surface area (Å²) >= 11 is 0. The van der Waals surface area contributed by atoms with Gasteiger partial charge < -0.3 is 19.7 Å². The number of tetrazole rings is 1. The van der Waals surface area contributed by atoms with E-state index in [1.165, 1.54) is 0 Å². The summed E-state index contributed by atoms with van der Waals surface area (Å²) in [5, 5.41) is 16.4. The fourth-order valence-electron chi connectivity index (χ4n) is 2.89. The summed E-state index contributed by atoms with van der Waals surface area (Å²) in [5.74, 6) is 1.38. The summed E-state index contributed by atoms with van der Waals surface area (Å²) in [5.41, 5.74) is 0.480. The third-order valence-corrected chi connectivity index (χ3v) is 4.48. The van der Waals surface area contributed by atoms with Crippen molar-refractivity contribution < 1.29 is 14.3 Å². The lowest BCUT2D eigenvalue weighted by Crippen LogP contribution is -2.35. The number of H-pyrrole nitrogens is 1. The lowest BCUT2D eigenvalue weighted by molar-refractivity contribution is 0.0937. The van der Waals surface area contributed by atoms with Crippen molar-refractivity contribution in [3.63, 3.8) is 0 Å². The zero-order chi connectivity index (χ0) is 18.5. The monoisotopic (exact) mass is 360 g/mol. The van der Waals surface area contributed by atoms with E-state index in [-0.39, 0.29) is 18.1 Å². The van der Waals surface area contributed by atoms with Gasteiger partial charge in [0.15, 0.2) is 17.3 Å². The number of ether oxygens (including phenoxy) is 2. The van der Waals surface area contributed by atoms with Gasteiger partial charge in [-0.1, -0.05) is 5.21 Å². The minimum Gasteiger partial charge on any atom is -0.493 e. The Morgan fingerprint density at radius 1 is 1.35 bits per heavy atom.